The molecule has 3 N–H and O–H groups in total. The molecule has 1 aliphatic rings. The van der Waals surface area contributed by atoms with Gasteiger partial charge >= 0.3 is 0 Å². The lowest BCUT2D eigenvalue weighted by molar-refractivity contribution is 0.0954. The van der Waals surface area contributed by atoms with E-state index in [1.54, 1.807) is 19.1 Å². The van der Waals surface area contributed by atoms with E-state index in [1.807, 2.05) is 0 Å². The van der Waals surface area contributed by atoms with Crippen molar-refractivity contribution in [3.63, 3.8) is 0 Å². The van der Waals surface area contributed by atoms with Crippen molar-refractivity contribution in [2.24, 2.45) is 10.7 Å². The maximum absolute atomic E-state index is 13.4. The van der Waals surface area contributed by atoms with Crippen LogP contribution >= 0.6 is 24.0 Å². The predicted octanol–water partition coefficient (Wildman–Crippen LogP) is 2.28. The standard InChI is InChI=1S/C16H23FN4O.HI/c1-12-5-6-13(11-14(12)17)15(22)19-7-8-20-16(18)21-9-3-2-4-10-21;/h5-6,11H,2-4,7-10H2,1H3,(H2,18,20)(H,19,22);1H. The Hall–Kier alpha value is -1.38. The first-order chi connectivity index (χ1) is 10.6. The summed E-state index contributed by atoms with van der Waals surface area (Å²) in [6.45, 7) is 4.36. The van der Waals surface area contributed by atoms with Gasteiger partial charge in [-0.2, -0.15) is 0 Å². The summed E-state index contributed by atoms with van der Waals surface area (Å²) in [6.07, 6.45) is 3.53. The van der Waals surface area contributed by atoms with Crippen molar-refractivity contribution in [2.45, 2.75) is 26.2 Å². The zero-order valence-electron chi connectivity index (χ0n) is 13.3. The summed E-state index contributed by atoms with van der Waals surface area (Å²) in [4.78, 5) is 18.2. The molecule has 1 aliphatic heterocycles. The van der Waals surface area contributed by atoms with Crippen LogP contribution in [0.5, 0.6) is 0 Å². The van der Waals surface area contributed by atoms with Crippen molar-refractivity contribution in [3.05, 3.63) is 35.1 Å². The van der Waals surface area contributed by atoms with Gasteiger partial charge in [0.2, 0.25) is 0 Å². The molecule has 2 rings (SSSR count). The largest absolute Gasteiger partial charge is 0.370 e. The maximum Gasteiger partial charge on any atom is 0.251 e. The van der Waals surface area contributed by atoms with Gasteiger partial charge in [-0.1, -0.05) is 6.07 Å². The van der Waals surface area contributed by atoms with Crippen LogP contribution in [0.1, 0.15) is 35.2 Å². The first kappa shape index (κ1) is 19.7. The SMILES string of the molecule is Cc1ccc(C(=O)NCCN=C(N)N2CCCCC2)cc1F.I. The number of nitrogens with zero attached hydrogens (tertiary/aromatic N) is 2. The average Bonchev–Trinajstić information content (AvgIpc) is 2.54. The van der Waals surface area contributed by atoms with Gasteiger partial charge in [0.25, 0.3) is 5.91 Å². The van der Waals surface area contributed by atoms with Crippen molar-refractivity contribution >= 4 is 35.8 Å². The van der Waals surface area contributed by atoms with Crippen molar-refractivity contribution in [2.75, 3.05) is 26.2 Å². The van der Waals surface area contributed by atoms with Crippen LogP contribution in [-0.2, 0) is 0 Å². The number of nitrogens with two attached hydrogens (primary N) is 1. The molecule has 0 aliphatic carbocycles. The second kappa shape index (κ2) is 9.69. The van der Waals surface area contributed by atoms with Crippen molar-refractivity contribution in [3.8, 4) is 0 Å². The Labute approximate surface area is 153 Å². The molecule has 0 unspecified atom stereocenters. The van der Waals surface area contributed by atoms with Crippen molar-refractivity contribution < 1.29 is 9.18 Å². The summed E-state index contributed by atoms with van der Waals surface area (Å²) in [6, 6.07) is 4.45. The van der Waals surface area contributed by atoms with Gasteiger partial charge in [-0.3, -0.25) is 9.79 Å². The average molecular weight is 434 g/mol. The molecule has 0 radical (unpaired) electrons. The van der Waals surface area contributed by atoms with Gasteiger partial charge in [0.1, 0.15) is 5.82 Å². The zero-order chi connectivity index (χ0) is 15.9. The molecule has 1 aromatic rings. The molecule has 7 heteroatoms. The molecule has 0 bridgehead atoms. The fourth-order valence-electron chi connectivity index (χ4n) is 2.40. The van der Waals surface area contributed by atoms with Gasteiger partial charge < -0.3 is 16.0 Å². The number of aliphatic imine (C=N–C) groups is 1. The number of rotatable bonds is 4. The normalized spacial score (nSPS) is 15.0. The Balaban J connectivity index is 0.00000264. The molecule has 1 heterocycles. The van der Waals surface area contributed by atoms with E-state index in [-0.39, 0.29) is 35.7 Å². The van der Waals surface area contributed by atoms with Gasteiger partial charge in [-0.25, -0.2) is 4.39 Å². The highest BCUT2D eigenvalue weighted by Crippen LogP contribution is 2.09. The monoisotopic (exact) mass is 434 g/mol. The number of hydrogen-bond donors (Lipinski definition) is 2. The summed E-state index contributed by atoms with van der Waals surface area (Å²) in [5.74, 6) is -0.138. The molecule has 0 atom stereocenters. The van der Waals surface area contributed by atoms with Gasteiger partial charge in [-0.15, -0.1) is 24.0 Å². The number of hydrogen-bond acceptors (Lipinski definition) is 2. The molecule has 1 aromatic carbocycles. The van der Waals surface area contributed by atoms with Gasteiger partial charge in [0, 0.05) is 25.2 Å². The van der Waals surface area contributed by atoms with Crippen LogP contribution in [0.4, 0.5) is 4.39 Å². The Kier molecular flexibility index (Phi) is 8.29. The van der Waals surface area contributed by atoms with E-state index in [0.29, 0.717) is 30.2 Å². The number of benzene rings is 1. The molecule has 0 saturated carbocycles. The van der Waals surface area contributed by atoms with Crippen LogP contribution in [0.15, 0.2) is 23.2 Å². The number of aryl methyl sites for hydroxylation is 1. The number of nitrogens with one attached hydrogen (secondary N) is 1. The van der Waals surface area contributed by atoms with Crippen LogP contribution in [-0.4, -0.2) is 42.9 Å². The van der Waals surface area contributed by atoms with E-state index in [0.717, 1.165) is 25.9 Å². The van der Waals surface area contributed by atoms with E-state index in [4.69, 9.17) is 5.73 Å². The van der Waals surface area contributed by atoms with E-state index < -0.39 is 0 Å². The van der Waals surface area contributed by atoms with Crippen LogP contribution in [0.25, 0.3) is 0 Å². The summed E-state index contributed by atoms with van der Waals surface area (Å²) in [7, 11) is 0. The predicted molar refractivity (Wildman–Crippen MR) is 101 cm³/mol. The van der Waals surface area contributed by atoms with Crippen LogP contribution in [0, 0.1) is 12.7 Å². The minimum Gasteiger partial charge on any atom is -0.370 e. The second-order valence-corrected chi connectivity index (χ2v) is 5.51. The highest BCUT2D eigenvalue weighted by molar-refractivity contribution is 14.0. The van der Waals surface area contributed by atoms with Gasteiger partial charge in [0.15, 0.2) is 5.96 Å². The second-order valence-electron chi connectivity index (χ2n) is 5.51. The Bertz CT molecular complexity index is 559. The maximum atomic E-state index is 13.4. The molecule has 0 spiro atoms. The number of amides is 1. The highest BCUT2D eigenvalue weighted by Gasteiger charge is 2.11. The minimum absolute atomic E-state index is 0. The molecular formula is C16H24FIN4O. The fourth-order valence-corrected chi connectivity index (χ4v) is 2.40. The molecular weight excluding hydrogens is 410 g/mol. The minimum atomic E-state index is -0.375. The van der Waals surface area contributed by atoms with Crippen molar-refractivity contribution in [1.29, 1.82) is 0 Å². The van der Waals surface area contributed by atoms with Crippen LogP contribution in [0.2, 0.25) is 0 Å². The molecule has 1 saturated heterocycles. The third-order valence-corrected chi connectivity index (χ3v) is 3.79. The molecule has 23 heavy (non-hydrogen) atoms. The van der Waals surface area contributed by atoms with E-state index >= 15 is 0 Å². The Morgan fingerprint density at radius 1 is 1.35 bits per heavy atom. The Morgan fingerprint density at radius 3 is 2.70 bits per heavy atom. The molecule has 0 aromatic heterocycles. The highest BCUT2D eigenvalue weighted by atomic mass is 127. The lowest BCUT2D eigenvalue weighted by atomic mass is 10.1. The first-order valence-corrected chi connectivity index (χ1v) is 7.67. The lowest BCUT2D eigenvalue weighted by Crippen LogP contribution is -2.41. The summed E-state index contributed by atoms with van der Waals surface area (Å²) < 4.78 is 13.4. The van der Waals surface area contributed by atoms with Crippen molar-refractivity contribution in [1.82, 2.24) is 10.2 Å². The third-order valence-electron chi connectivity index (χ3n) is 3.79. The number of piperidine rings is 1. The topological polar surface area (TPSA) is 70.7 Å². The molecule has 1 fully saturated rings. The van der Waals surface area contributed by atoms with E-state index in [1.165, 1.54) is 12.5 Å². The van der Waals surface area contributed by atoms with Crippen LogP contribution < -0.4 is 11.1 Å². The summed E-state index contributed by atoms with van der Waals surface area (Å²) in [5, 5.41) is 2.72. The fraction of sp³-hybridized carbons (Fsp3) is 0.500. The summed E-state index contributed by atoms with van der Waals surface area (Å²) in [5.41, 5.74) is 6.77. The quantitative estimate of drug-likeness (QED) is 0.331. The zero-order valence-corrected chi connectivity index (χ0v) is 15.7. The van der Waals surface area contributed by atoms with E-state index in [9.17, 15) is 9.18 Å². The molecule has 128 valence electrons. The lowest BCUT2D eigenvalue weighted by Gasteiger charge is -2.27. The molecule has 5 nitrogen and oxygen atoms in total. The third kappa shape index (κ3) is 5.96. The Morgan fingerprint density at radius 2 is 2.04 bits per heavy atom. The first-order valence-electron chi connectivity index (χ1n) is 7.67. The van der Waals surface area contributed by atoms with E-state index in [2.05, 4.69) is 15.2 Å². The van der Waals surface area contributed by atoms with Crippen LogP contribution in [0.3, 0.4) is 0 Å². The summed E-state index contributed by atoms with van der Waals surface area (Å²) >= 11 is 0. The number of likely N-dealkylation sites (tertiary alicyclic amines) is 1. The molecule has 1 amide bonds. The number of carbonyl (C=O) groups is 1. The van der Waals surface area contributed by atoms with Gasteiger partial charge in [-0.05, 0) is 43.9 Å². The number of guanidine groups is 1. The number of halogens is 2. The van der Waals surface area contributed by atoms with Gasteiger partial charge in [0.05, 0.1) is 6.54 Å². The smallest absolute Gasteiger partial charge is 0.251 e. The number of carbonyl (C=O) groups excluding carboxylic acids is 1.